The third-order valence-electron chi connectivity index (χ3n) is 3.49. The Kier molecular flexibility index (Phi) is 4.74. The molecule has 0 saturated carbocycles. The van der Waals surface area contributed by atoms with Crippen molar-refractivity contribution in [1.82, 2.24) is 9.97 Å². The Morgan fingerprint density at radius 1 is 1.09 bits per heavy atom. The van der Waals surface area contributed by atoms with Crippen LogP contribution in [-0.4, -0.2) is 39.6 Å². The lowest BCUT2D eigenvalue weighted by molar-refractivity contribution is 0.411. The first-order chi connectivity index (χ1) is 10.8. The summed E-state index contributed by atoms with van der Waals surface area (Å²) in [5, 5.41) is 0. The van der Waals surface area contributed by atoms with Gasteiger partial charge < -0.3 is 9.64 Å². The molecule has 23 heavy (non-hydrogen) atoms. The maximum Gasteiger partial charge on any atom is 0.262 e. The molecule has 0 aliphatic rings. The molecule has 7 nitrogen and oxygen atoms in total. The van der Waals surface area contributed by atoms with Crippen LogP contribution in [0.25, 0.3) is 0 Å². The number of nitrogens with one attached hydrogen (secondary N) is 1. The van der Waals surface area contributed by atoms with Crippen LogP contribution in [0, 0.1) is 13.8 Å². The van der Waals surface area contributed by atoms with Gasteiger partial charge in [-0.25, -0.2) is 18.4 Å². The van der Waals surface area contributed by atoms with Crippen molar-refractivity contribution in [3.63, 3.8) is 0 Å². The summed E-state index contributed by atoms with van der Waals surface area (Å²) in [6, 6.07) is 3.17. The summed E-state index contributed by atoms with van der Waals surface area (Å²) in [6.45, 7) is 3.57. The van der Waals surface area contributed by atoms with Crippen LogP contribution in [0.4, 0.5) is 11.6 Å². The van der Waals surface area contributed by atoms with Crippen molar-refractivity contribution in [2.45, 2.75) is 18.7 Å². The highest BCUT2D eigenvalue weighted by Crippen LogP contribution is 2.28. The van der Waals surface area contributed by atoms with Gasteiger partial charge in [-0.3, -0.25) is 4.72 Å². The quantitative estimate of drug-likeness (QED) is 0.898. The van der Waals surface area contributed by atoms with Crippen molar-refractivity contribution in [3.8, 4) is 5.75 Å². The van der Waals surface area contributed by atoms with E-state index in [4.69, 9.17) is 4.74 Å². The standard InChI is InChI=1S/C15H20N4O3S/c1-10-11(2)14(7-6-13(10)22-5)23(20,21)18-12-8-16-15(17-9-12)19(3)4/h6-9,18H,1-5H3. The Bertz CT molecular complexity index is 802. The average molecular weight is 336 g/mol. The van der Waals surface area contributed by atoms with E-state index in [2.05, 4.69) is 14.7 Å². The summed E-state index contributed by atoms with van der Waals surface area (Å²) < 4.78 is 32.9. The Morgan fingerprint density at radius 2 is 1.70 bits per heavy atom. The summed E-state index contributed by atoms with van der Waals surface area (Å²) >= 11 is 0. The smallest absolute Gasteiger partial charge is 0.262 e. The second kappa shape index (κ2) is 6.41. The Hall–Kier alpha value is -2.35. The van der Waals surface area contributed by atoms with Crippen LogP contribution in [-0.2, 0) is 10.0 Å². The van der Waals surface area contributed by atoms with E-state index in [9.17, 15) is 8.42 Å². The molecule has 0 fully saturated rings. The van der Waals surface area contributed by atoms with E-state index in [1.54, 1.807) is 25.0 Å². The molecule has 0 aliphatic heterocycles. The lowest BCUT2D eigenvalue weighted by Crippen LogP contribution is -2.16. The summed E-state index contributed by atoms with van der Waals surface area (Å²) in [5.41, 5.74) is 1.74. The first-order valence-corrected chi connectivity index (χ1v) is 8.41. The normalized spacial score (nSPS) is 11.2. The van der Waals surface area contributed by atoms with Crippen LogP contribution in [0.15, 0.2) is 29.4 Å². The van der Waals surface area contributed by atoms with Crippen LogP contribution in [0.1, 0.15) is 11.1 Å². The van der Waals surface area contributed by atoms with Gasteiger partial charge in [-0.2, -0.15) is 0 Å². The summed E-state index contributed by atoms with van der Waals surface area (Å²) in [5.74, 6) is 1.16. The summed E-state index contributed by atoms with van der Waals surface area (Å²) in [6.07, 6.45) is 2.87. The SMILES string of the molecule is COc1ccc(S(=O)(=O)Nc2cnc(N(C)C)nc2)c(C)c1C. The van der Waals surface area contributed by atoms with Crippen LogP contribution < -0.4 is 14.4 Å². The zero-order chi connectivity index (χ0) is 17.2. The van der Waals surface area contributed by atoms with E-state index in [0.717, 1.165) is 5.56 Å². The minimum atomic E-state index is -3.72. The molecule has 0 saturated heterocycles. The van der Waals surface area contributed by atoms with E-state index >= 15 is 0 Å². The first kappa shape index (κ1) is 17.0. The zero-order valence-electron chi connectivity index (χ0n) is 13.8. The first-order valence-electron chi connectivity index (χ1n) is 6.92. The lowest BCUT2D eigenvalue weighted by atomic mass is 10.1. The van der Waals surface area contributed by atoms with Gasteiger partial charge in [0.1, 0.15) is 5.75 Å². The molecule has 0 radical (unpaired) electrons. The van der Waals surface area contributed by atoms with Gasteiger partial charge in [0.05, 0.1) is 30.1 Å². The number of sulfonamides is 1. The molecule has 2 aromatic rings. The number of aromatic nitrogens is 2. The molecular formula is C15H20N4O3S. The minimum absolute atomic E-state index is 0.201. The fraction of sp³-hybridized carbons (Fsp3) is 0.333. The maximum atomic E-state index is 12.6. The number of anilines is 2. The molecule has 124 valence electrons. The van der Waals surface area contributed by atoms with E-state index < -0.39 is 10.0 Å². The molecule has 0 atom stereocenters. The molecule has 0 spiro atoms. The highest BCUT2D eigenvalue weighted by Gasteiger charge is 2.20. The predicted molar refractivity (Wildman–Crippen MR) is 89.6 cm³/mol. The van der Waals surface area contributed by atoms with Gasteiger partial charge in [-0.15, -0.1) is 0 Å². The second-order valence-corrected chi connectivity index (χ2v) is 6.94. The summed E-state index contributed by atoms with van der Waals surface area (Å²) in [7, 11) is 1.45. The molecule has 0 bridgehead atoms. The molecular weight excluding hydrogens is 316 g/mol. The Morgan fingerprint density at radius 3 is 2.22 bits per heavy atom. The number of rotatable bonds is 5. The molecule has 1 N–H and O–H groups in total. The monoisotopic (exact) mass is 336 g/mol. The van der Waals surface area contributed by atoms with Crippen LogP contribution >= 0.6 is 0 Å². The Balaban J connectivity index is 2.34. The third kappa shape index (κ3) is 3.53. The molecule has 0 aliphatic carbocycles. The average Bonchev–Trinajstić information content (AvgIpc) is 2.49. The molecule has 2 rings (SSSR count). The Labute approximate surface area is 136 Å². The predicted octanol–water partition coefficient (Wildman–Crippen LogP) is 1.97. The largest absolute Gasteiger partial charge is 0.496 e. The number of benzene rings is 1. The van der Waals surface area contributed by atoms with Gasteiger partial charge in [0.15, 0.2) is 0 Å². The fourth-order valence-corrected chi connectivity index (χ4v) is 3.43. The van der Waals surface area contributed by atoms with Gasteiger partial charge >= 0.3 is 0 Å². The molecule has 1 heterocycles. The lowest BCUT2D eigenvalue weighted by Gasteiger charge is -2.14. The summed E-state index contributed by atoms with van der Waals surface area (Å²) in [4.78, 5) is 10.1. The molecule has 1 aromatic carbocycles. The fourth-order valence-electron chi connectivity index (χ4n) is 2.10. The molecule has 0 unspecified atom stereocenters. The second-order valence-electron chi connectivity index (χ2n) is 5.29. The van der Waals surface area contributed by atoms with Gasteiger partial charge in [-0.05, 0) is 37.1 Å². The van der Waals surface area contributed by atoms with Crippen molar-refractivity contribution in [3.05, 3.63) is 35.7 Å². The highest BCUT2D eigenvalue weighted by molar-refractivity contribution is 7.92. The van der Waals surface area contributed by atoms with Crippen LogP contribution in [0.2, 0.25) is 0 Å². The van der Waals surface area contributed by atoms with Gasteiger partial charge in [0.2, 0.25) is 5.95 Å². The zero-order valence-corrected chi connectivity index (χ0v) is 14.6. The van der Waals surface area contributed by atoms with Crippen LogP contribution in [0.5, 0.6) is 5.75 Å². The molecule has 8 heteroatoms. The topological polar surface area (TPSA) is 84.4 Å². The van der Waals surface area contributed by atoms with Crippen molar-refractivity contribution >= 4 is 21.7 Å². The van der Waals surface area contributed by atoms with Crippen LogP contribution in [0.3, 0.4) is 0 Å². The van der Waals surface area contributed by atoms with E-state index in [1.807, 2.05) is 21.0 Å². The van der Waals surface area contributed by atoms with Gasteiger partial charge in [0.25, 0.3) is 10.0 Å². The van der Waals surface area contributed by atoms with Gasteiger partial charge in [0, 0.05) is 14.1 Å². The van der Waals surface area contributed by atoms with Gasteiger partial charge in [-0.1, -0.05) is 0 Å². The number of hydrogen-bond donors (Lipinski definition) is 1. The number of nitrogens with zero attached hydrogens (tertiary/aromatic N) is 3. The van der Waals surface area contributed by atoms with Crippen molar-refractivity contribution in [2.24, 2.45) is 0 Å². The van der Waals surface area contributed by atoms with E-state index in [0.29, 0.717) is 22.9 Å². The van der Waals surface area contributed by atoms with Crippen molar-refractivity contribution < 1.29 is 13.2 Å². The van der Waals surface area contributed by atoms with Crippen molar-refractivity contribution in [1.29, 1.82) is 0 Å². The third-order valence-corrected chi connectivity index (χ3v) is 5.01. The number of hydrogen-bond acceptors (Lipinski definition) is 6. The minimum Gasteiger partial charge on any atom is -0.496 e. The van der Waals surface area contributed by atoms with Crippen molar-refractivity contribution in [2.75, 3.05) is 30.8 Å². The molecule has 0 amide bonds. The highest BCUT2D eigenvalue weighted by atomic mass is 32.2. The number of ether oxygens (including phenoxy) is 1. The number of methoxy groups -OCH3 is 1. The maximum absolute atomic E-state index is 12.6. The molecule has 1 aromatic heterocycles. The van der Waals surface area contributed by atoms with E-state index in [-0.39, 0.29) is 4.90 Å². The van der Waals surface area contributed by atoms with E-state index in [1.165, 1.54) is 18.5 Å².